The molecule has 0 aromatic heterocycles. The van der Waals surface area contributed by atoms with Gasteiger partial charge in [0.05, 0.1) is 11.1 Å². The average Bonchev–Trinajstić information content (AvgIpc) is 2.34. The second kappa shape index (κ2) is 5.94. The molecule has 0 amide bonds. The Balaban J connectivity index is 2.05. The van der Waals surface area contributed by atoms with Gasteiger partial charge >= 0.3 is 0 Å². The molecular formula is C13H17BrFNO. The first-order chi connectivity index (χ1) is 8.20. The molecule has 1 N–H and O–H groups in total. The topological polar surface area (TPSA) is 21.3 Å². The largest absolute Gasteiger partial charge is 0.381 e. The molecule has 2 atom stereocenters. The SMILES string of the molecule is CNC1CCOCC1Cc1ccc(F)c(Br)c1. The molecule has 0 bridgehead atoms. The molecule has 0 spiro atoms. The van der Waals surface area contributed by atoms with Gasteiger partial charge in [-0.2, -0.15) is 0 Å². The van der Waals surface area contributed by atoms with Crippen molar-refractivity contribution in [1.82, 2.24) is 5.32 Å². The molecule has 2 unspecified atom stereocenters. The zero-order valence-corrected chi connectivity index (χ0v) is 11.5. The van der Waals surface area contributed by atoms with Crippen LogP contribution in [-0.4, -0.2) is 26.3 Å². The van der Waals surface area contributed by atoms with Gasteiger partial charge in [-0.25, -0.2) is 4.39 Å². The Hall–Kier alpha value is -0.450. The molecule has 1 aromatic rings. The lowest BCUT2D eigenvalue weighted by molar-refractivity contribution is 0.0342. The molecule has 0 aliphatic carbocycles. The summed E-state index contributed by atoms with van der Waals surface area (Å²) in [6.07, 6.45) is 1.97. The van der Waals surface area contributed by atoms with Crippen molar-refractivity contribution >= 4 is 15.9 Å². The first-order valence-electron chi connectivity index (χ1n) is 5.89. The molecule has 0 radical (unpaired) electrons. The van der Waals surface area contributed by atoms with E-state index in [1.165, 1.54) is 6.07 Å². The van der Waals surface area contributed by atoms with E-state index in [9.17, 15) is 4.39 Å². The maximum atomic E-state index is 13.1. The third kappa shape index (κ3) is 3.27. The molecule has 4 heteroatoms. The van der Waals surface area contributed by atoms with Crippen molar-refractivity contribution in [2.45, 2.75) is 18.9 Å². The van der Waals surface area contributed by atoms with Crippen molar-refractivity contribution in [3.63, 3.8) is 0 Å². The molecule has 2 nitrogen and oxygen atoms in total. The maximum absolute atomic E-state index is 13.1. The second-order valence-electron chi connectivity index (χ2n) is 4.47. The van der Waals surface area contributed by atoms with Gasteiger partial charge in [-0.15, -0.1) is 0 Å². The number of benzene rings is 1. The molecule has 2 rings (SSSR count). The summed E-state index contributed by atoms with van der Waals surface area (Å²) in [4.78, 5) is 0. The van der Waals surface area contributed by atoms with E-state index in [1.807, 2.05) is 19.2 Å². The molecule has 1 aliphatic rings. The first kappa shape index (κ1) is 13.0. The Kier molecular flexibility index (Phi) is 4.54. The molecule has 17 heavy (non-hydrogen) atoms. The normalized spacial score (nSPS) is 24.9. The minimum Gasteiger partial charge on any atom is -0.381 e. The summed E-state index contributed by atoms with van der Waals surface area (Å²) in [5.41, 5.74) is 1.15. The highest BCUT2D eigenvalue weighted by molar-refractivity contribution is 9.10. The Morgan fingerprint density at radius 1 is 1.53 bits per heavy atom. The summed E-state index contributed by atoms with van der Waals surface area (Å²) in [6.45, 7) is 1.61. The summed E-state index contributed by atoms with van der Waals surface area (Å²) in [5, 5.41) is 3.33. The third-order valence-corrected chi connectivity index (χ3v) is 3.93. The van der Waals surface area contributed by atoms with Crippen LogP contribution in [-0.2, 0) is 11.2 Å². The van der Waals surface area contributed by atoms with Crippen molar-refractivity contribution in [1.29, 1.82) is 0 Å². The van der Waals surface area contributed by atoms with Gasteiger partial charge in [0.2, 0.25) is 0 Å². The molecule has 1 fully saturated rings. The van der Waals surface area contributed by atoms with E-state index in [4.69, 9.17) is 4.74 Å². The minimum atomic E-state index is -0.209. The van der Waals surface area contributed by atoms with E-state index >= 15 is 0 Å². The van der Waals surface area contributed by atoms with Gasteiger partial charge in [-0.1, -0.05) is 6.07 Å². The zero-order valence-electron chi connectivity index (χ0n) is 9.88. The number of nitrogens with one attached hydrogen (secondary N) is 1. The predicted molar refractivity (Wildman–Crippen MR) is 69.6 cm³/mol. The fourth-order valence-corrected chi connectivity index (χ4v) is 2.77. The molecule has 1 aliphatic heterocycles. The van der Waals surface area contributed by atoms with Gasteiger partial charge in [0.15, 0.2) is 0 Å². The first-order valence-corrected chi connectivity index (χ1v) is 6.69. The van der Waals surface area contributed by atoms with E-state index in [-0.39, 0.29) is 5.82 Å². The van der Waals surface area contributed by atoms with Gasteiger partial charge in [-0.3, -0.25) is 0 Å². The summed E-state index contributed by atoms with van der Waals surface area (Å²) in [5.74, 6) is 0.255. The summed E-state index contributed by atoms with van der Waals surface area (Å²) in [6, 6.07) is 5.71. The number of hydrogen-bond acceptors (Lipinski definition) is 2. The molecule has 0 saturated carbocycles. The predicted octanol–water partition coefficient (Wildman–Crippen LogP) is 2.76. The van der Waals surface area contributed by atoms with Crippen LogP contribution < -0.4 is 5.32 Å². The van der Waals surface area contributed by atoms with Gasteiger partial charge in [0, 0.05) is 18.6 Å². The summed E-state index contributed by atoms with van der Waals surface area (Å²) >= 11 is 3.22. The monoisotopic (exact) mass is 301 g/mol. The molecule has 1 aromatic carbocycles. The van der Waals surface area contributed by atoms with Crippen LogP contribution in [0.1, 0.15) is 12.0 Å². The maximum Gasteiger partial charge on any atom is 0.137 e. The highest BCUT2D eigenvalue weighted by Crippen LogP contribution is 2.23. The lowest BCUT2D eigenvalue weighted by Crippen LogP contribution is -2.41. The average molecular weight is 302 g/mol. The number of rotatable bonds is 3. The van der Waals surface area contributed by atoms with Gasteiger partial charge in [-0.05, 0) is 53.5 Å². The van der Waals surface area contributed by atoms with Crippen LogP contribution in [0.3, 0.4) is 0 Å². The van der Waals surface area contributed by atoms with E-state index < -0.39 is 0 Å². The molecule has 1 saturated heterocycles. The van der Waals surface area contributed by atoms with Crippen LogP contribution in [0.4, 0.5) is 4.39 Å². The van der Waals surface area contributed by atoms with Crippen molar-refractivity contribution < 1.29 is 9.13 Å². The lowest BCUT2D eigenvalue weighted by Gasteiger charge is -2.31. The smallest absolute Gasteiger partial charge is 0.137 e. The van der Waals surface area contributed by atoms with E-state index in [1.54, 1.807) is 0 Å². The summed E-state index contributed by atoms with van der Waals surface area (Å²) < 4.78 is 19.2. The van der Waals surface area contributed by atoms with Crippen molar-refractivity contribution in [2.24, 2.45) is 5.92 Å². The fourth-order valence-electron chi connectivity index (χ4n) is 2.35. The van der Waals surface area contributed by atoms with Crippen LogP contribution >= 0.6 is 15.9 Å². The molecular weight excluding hydrogens is 285 g/mol. The fraction of sp³-hybridized carbons (Fsp3) is 0.538. The Morgan fingerprint density at radius 2 is 2.35 bits per heavy atom. The van der Waals surface area contributed by atoms with Gasteiger partial charge in [0.25, 0.3) is 0 Å². The van der Waals surface area contributed by atoms with Crippen molar-refractivity contribution in [3.05, 3.63) is 34.1 Å². The lowest BCUT2D eigenvalue weighted by atomic mass is 9.89. The quantitative estimate of drug-likeness (QED) is 0.927. The second-order valence-corrected chi connectivity index (χ2v) is 5.33. The van der Waals surface area contributed by atoms with Crippen LogP contribution in [0, 0.1) is 11.7 Å². The molecule has 1 heterocycles. The highest BCUT2D eigenvalue weighted by atomic mass is 79.9. The zero-order chi connectivity index (χ0) is 12.3. The van der Waals surface area contributed by atoms with Crippen LogP contribution in [0.5, 0.6) is 0 Å². The highest BCUT2D eigenvalue weighted by Gasteiger charge is 2.24. The number of halogens is 2. The van der Waals surface area contributed by atoms with E-state index in [0.29, 0.717) is 16.4 Å². The number of ether oxygens (including phenoxy) is 1. The van der Waals surface area contributed by atoms with E-state index in [2.05, 4.69) is 21.2 Å². The number of hydrogen-bond donors (Lipinski definition) is 1. The summed E-state index contributed by atoms with van der Waals surface area (Å²) in [7, 11) is 1.99. The van der Waals surface area contributed by atoms with E-state index in [0.717, 1.165) is 31.6 Å². The van der Waals surface area contributed by atoms with Gasteiger partial charge in [0.1, 0.15) is 5.82 Å². The standard InChI is InChI=1S/C13H17BrFNO/c1-16-13-4-5-17-8-10(13)6-9-2-3-12(15)11(14)7-9/h2-3,7,10,13,16H,4-6,8H2,1H3. The van der Waals surface area contributed by atoms with Crippen LogP contribution in [0.2, 0.25) is 0 Å². The van der Waals surface area contributed by atoms with Crippen LogP contribution in [0.15, 0.2) is 22.7 Å². The molecule has 94 valence electrons. The third-order valence-electron chi connectivity index (χ3n) is 3.33. The Labute approximate surface area is 110 Å². The van der Waals surface area contributed by atoms with Crippen molar-refractivity contribution in [3.8, 4) is 0 Å². The van der Waals surface area contributed by atoms with Crippen molar-refractivity contribution in [2.75, 3.05) is 20.3 Å². The van der Waals surface area contributed by atoms with Gasteiger partial charge < -0.3 is 10.1 Å². The Bertz CT molecular complexity index is 386. The van der Waals surface area contributed by atoms with Crippen LogP contribution in [0.25, 0.3) is 0 Å². The minimum absolute atomic E-state index is 0.209. The Morgan fingerprint density at radius 3 is 3.06 bits per heavy atom.